The number of hydrogen-bond acceptors (Lipinski definition) is 2. The number of hydrogen-bond donors (Lipinski definition) is 2. The highest BCUT2D eigenvalue weighted by molar-refractivity contribution is 5.87. The zero-order valence-corrected chi connectivity index (χ0v) is 13.4. The van der Waals surface area contributed by atoms with Crippen LogP contribution in [0.15, 0.2) is 30.3 Å². The molecule has 0 aliphatic rings. The summed E-state index contributed by atoms with van der Waals surface area (Å²) >= 11 is 0. The molecular formula is C17H26N2O2. The summed E-state index contributed by atoms with van der Waals surface area (Å²) in [7, 11) is 0. The van der Waals surface area contributed by atoms with Crippen LogP contribution in [-0.4, -0.2) is 24.9 Å². The quantitative estimate of drug-likeness (QED) is 0.845. The van der Waals surface area contributed by atoms with Crippen molar-refractivity contribution in [3.05, 3.63) is 35.9 Å². The molecule has 0 aliphatic carbocycles. The molecule has 1 unspecified atom stereocenters. The van der Waals surface area contributed by atoms with Gasteiger partial charge in [0.2, 0.25) is 11.8 Å². The second kappa shape index (κ2) is 7.81. The number of rotatable bonds is 6. The summed E-state index contributed by atoms with van der Waals surface area (Å²) < 4.78 is 0. The van der Waals surface area contributed by atoms with Crippen molar-refractivity contribution in [3.63, 3.8) is 0 Å². The van der Waals surface area contributed by atoms with E-state index in [1.807, 2.05) is 39.0 Å². The van der Waals surface area contributed by atoms with E-state index in [0.29, 0.717) is 12.5 Å². The van der Waals surface area contributed by atoms with E-state index < -0.39 is 5.41 Å². The second-order valence-corrected chi connectivity index (χ2v) is 6.25. The van der Waals surface area contributed by atoms with E-state index in [9.17, 15) is 9.59 Å². The van der Waals surface area contributed by atoms with Gasteiger partial charge in [0.15, 0.2) is 0 Å². The molecule has 0 heterocycles. The van der Waals surface area contributed by atoms with Crippen LogP contribution < -0.4 is 10.6 Å². The van der Waals surface area contributed by atoms with Crippen molar-refractivity contribution in [3.8, 4) is 0 Å². The Kier molecular flexibility index (Phi) is 6.40. The molecular weight excluding hydrogens is 264 g/mol. The van der Waals surface area contributed by atoms with Crippen LogP contribution in [0, 0.1) is 5.41 Å². The fourth-order valence-corrected chi connectivity index (χ4v) is 1.95. The van der Waals surface area contributed by atoms with Crippen molar-refractivity contribution in [2.24, 2.45) is 5.41 Å². The Bertz CT molecular complexity index is 463. The Hall–Kier alpha value is -1.84. The van der Waals surface area contributed by atoms with Crippen molar-refractivity contribution in [1.29, 1.82) is 0 Å². The molecule has 0 aliphatic heterocycles. The molecule has 4 nitrogen and oxygen atoms in total. The third-order valence-electron chi connectivity index (χ3n) is 3.40. The van der Waals surface area contributed by atoms with Gasteiger partial charge in [-0.15, -0.1) is 0 Å². The Morgan fingerprint density at radius 3 is 2.24 bits per heavy atom. The van der Waals surface area contributed by atoms with Crippen LogP contribution >= 0.6 is 0 Å². The van der Waals surface area contributed by atoms with Crippen LogP contribution in [0.1, 0.15) is 45.6 Å². The smallest absolute Gasteiger partial charge is 0.239 e. The topological polar surface area (TPSA) is 58.2 Å². The SMILES string of the molecule is CCC(CNC(=O)CNC(=O)C(C)(C)C)c1ccccc1. The lowest BCUT2D eigenvalue weighted by Crippen LogP contribution is -2.42. The average Bonchev–Trinajstić information content (AvgIpc) is 2.45. The molecule has 0 saturated heterocycles. The van der Waals surface area contributed by atoms with Crippen molar-refractivity contribution >= 4 is 11.8 Å². The van der Waals surface area contributed by atoms with Crippen LogP contribution in [0.25, 0.3) is 0 Å². The number of benzene rings is 1. The number of amides is 2. The van der Waals surface area contributed by atoms with Crippen LogP contribution in [0.3, 0.4) is 0 Å². The summed E-state index contributed by atoms with van der Waals surface area (Å²) in [6.07, 6.45) is 0.957. The maximum Gasteiger partial charge on any atom is 0.239 e. The molecule has 1 rings (SSSR count). The molecule has 21 heavy (non-hydrogen) atoms. The lowest BCUT2D eigenvalue weighted by Gasteiger charge is -2.19. The molecule has 0 radical (unpaired) electrons. The summed E-state index contributed by atoms with van der Waals surface area (Å²) in [5, 5.41) is 5.54. The molecule has 1 atom stereocenters. The van der Waals surface area contributed by atoms with E-state index in [-0.39, 0.29) is 18.4 Å². The Labute approximate surface area is 127 Å². The third-order valence-corrected chi connectivity index (χ3v) is 3.40. The normalized spacial score (nSPS) is 12.6. The van der Waals surface area contributed by atoms with E-state index >= 15 is 0 Å². The predicted octanol–water partition coefficient (Wildman–Crippen LogP) is 2.46. The molecule has 0 saturated carbocycles. The van der Waals surface area contributed by atoms with Gasteiger partial charge in [-0.2, -0.15) is 0 Å². The average molecular weight is 290 g/mol. The standard InChI is InChI=1S/C17H26N2O2/c1-5-13(14-9-7-6-8-10-14)11-18-15(20)12-19-16(21)17(2,3)4/h6-10,13H,5,11-12H2,1-4H3,(H,18,20)(H,19,21). The first kappa shape index (κ1) is 17.2. The van der Waals surface area contributed by atoms with Crippen molar-refractivity contribution in [1.82, 2.24) is 10.6 Å². The van der Waals surface area contributed by atoms with Gasteiger partial charge in [0.1, 0.15) is 0 Å². The molecule has 116 valence electrons. The molecule has 0 bridgehead atoms. The van der Waals surface area contributed by atoms with Gasteiger partial charge in [-0.25, -0.2) is 0 Å². The first-order chi connectivity index (χ1) is 9.84. The highest BCUT2D eigenvalue weighted by Gasteiger charge is 2.21. The minimum absolute atomic E-state index is 0.0291. The van der Waals surface area contributed by atoms with Gasteiger partial charge in [-0.3, -0.25) is 9.59 Å². The second-order valence-electron chi connectivity index (χ2n) is 6.25. The Morgan fingerprint density at radius 2 is 1.71 bits per heavy atom. The minimum atomic E-state index is -0.476. The highest BCUT2D eigenvalue weighted by Crippen LogP contribution is 2.17. The van der Waals surface area contributed by atoms with Crippen LogP contribution in [0.2, 0.25) is 0 Å². The lowest BCUT2D eigenvalue weighted by atomic mass is 9.96. The highest BCUT2D eigenvalue weighted by atomic mass is 16.2. The van der Waals surface area contributed by atoms with Gasteiger partial charge in [-0.1, -0.05) is 58.0 Å². The monoisotopic (exact) mass is 290 g/mol. The van der Waals surface area contributed by atoms with Gasteiger partial charge >= 0.3 is 0 Å². The van der Waals surface area contributed by atoms with E-state index in [0.717, 1.165) is 6.42 Å². The van der Waals surface area contributed by atoms with Crippen LogP contribution in [0.4, 0.5) is 0 Å². The van der Waals surface area contributed by atoms with Crippen LogP contribution in [-0.2, 0) is 9.59 Å². The van der Waals surface area contributed by atoms with Gasteiger partial charge in [-0.05, 0) is 12.0 Å². The largest absolute Gasteiger partial charge is 0.354 e. The van der Waals surface area contributed by atoms with E-state index in [4.69, 9.17) is 0 Å². The maximum atomic E-state index is 11.8. The van der Waals surface area contributed by atoms with Gasteiger partial charge < -0.3 is 10.6 Å². The van der Waals surface area contributed by atoms with Crippen LogP contribution in [0.5, 0.6) is 0 Å². The molecule has 4 heteroatoms. The first-order valence-corrected chi connectivity index (χ1v) is 7.44. The zero-order chi connectivity index (χ0) is 15.9. The molecule has 0 spiro atoms. The van der Waals surface area contributed by atoms with Crippen molar-refractivity contribution in [2.75, 3.05) is 13.1 Å². The lowest BCUT2D eigenvalue weighted by molar-refractivity contribution is -0.131. The number of nitrogens with one attached hydrogen (secondary N) is 2. The first-order valence-electron chi connectivity index (χ1n) is 7.44. The summed E-state index contributed by atoms with van der Waals surface area (Å²) in [6.45, 7) is 8.19. The zero-order valence-electron chi connectivity index (χ0n) is 13.4. The minimum Gasteiger partial charge on any atom is -0.354 e. The molecule has 1 aromatic carbocycles. The summed E-state index contributed by atoms with van der Waals surface area (Å²) in [4.78, 5) is 23.5. The van der Waals surface area contributed by atoms with Gasteiger partial charge in [0.05, 0.1) is 6.54 Å². The summed E-state index contributed by atoms with van der Waals surface area (Å²) in [6, 6.07) is 10.1. The van der Waals surface area contributed by atoms with E-state index in [2.05, 4.69) is 29.7 Å². The van der Waals surface area contributed by atoms with Crippen molar-refractivity contribution in [2.45, 2.75) is 40.0 Å². The fourth-order valence-electron chi connectivity index (χ4n) is 1.95. The fraction of sp³-hybridized carbons (Fsp3) is 0.529. The molecule has 2 N–H and O–H groups in total. The number of carbonyl (C=O) groups excluding carboxylic acids is 2. The predicted molar refractivity (Wildman–Crippen MR) is 84.9 cm³/mol. The maximum absolute atomic E-state index is 11.8. The van der Waals surface area contributed by atoms with E-state index in [1.165, 1.54) is 5.56 Å². The number of carbonyl (C=O) groups is 2. The van der Waals surface area contributed by atoms with Gasteiger partial charge in [0, 0.05) is 17.9 Å². The van der Waals surface area contributed by atoms with E-state index in [1.54, 1.807) is 0 Å². The Morgan fingerprint density at radius 1 is 1.10 bits per heavy atom. The third kappa shape index (κ3) is 5.98. The summed E-state index contributed by atoms with van der Waals surface area (Å²) in [5.41, 5.74) is 0.745. The molecule has 2 amide bonds. The summed E-state index contributed by atoms with van der Waals surface area (Å²) in [5.74, 6) is 0.0307. The molecule has 0 fully saturated rings. The molecule has 0 aromatic heterocycles. The Balaban J connectivity index is 2.40. The molecule has 1 aromatic rings. The van der Waals surface area contributed by atoms with Gasteiger partial charge in [0.25, 0.3) is 0 Å². The van der Waals surface area contributed by atoms with Crippen molar-refractivity contribution < 1.29 is 9.59 Å².